The molecule has 3 fully saturated rings. The Hall–Kier alpha value is -0.340. The van der Waals surface area contributed by atoms with Crippen molar-refractivity contribution in [3.05, 3.63) is 12.2 Å². The van der Waals surface area contributed by atoms with Gasteiger partial charge < -0.3 is 10.2 Å². The summed E-state index contributed by atoms with van der Waals surface area (Å²) in [4.78, 5) is 0. The lowest BCUT2D eigenvalue weighted by Crippen LogP contribution is -2.65. The molecule has 0 unspecified atom stereocenters. The first-order valence-electron chi connectivity index (χ1n) is 9.64. The molecule has 2 bridgehead atoms. The number of aliphatic hydroxyl groups excluding tert-OH is 2. The molecule has 1 spiro atoms. The highest BCUT2D eigenvalue weighted by atomic mass is 16.3. The molecule has 3 saturated carbocycles. The van der Waals surface area contributed by atoms with Gasteiger partial charge in [-0.3, -0.25) is 0 Å². The highest BCUT2D eigenvalue weighted by Crippen LogP contribution is 2.77. The van der Waals surface area contributed by atoms with Crippen molar-refractivity contribution in [3.63, 3.8) is 0 Å². The van der Waals surface area contributed by atoms with Crippen LogP contribution in [0.5, 0.6) is 0 Å². The Morgan fingerprint density at radius 3 is 2.48 bits per heavy atom. The van der Waals surface area contributed by atoms with E-state index in [1.807, 2.05) is 0 Å². The molecule has 0 aromatic heterocycles. The highest BCUT2D eigenvalue weighted by Gasteiger charge is 2.70. The first-order valence-corrected chi connectivity index (χ1v) is 9.64. The lowest BCUT2D eigenvalue weighted by molar-refractivity contribution is -0.227. The fraction of sp³-hybridized carbons (Fsp3) is 0.905. The van der Waals surface area contributed by atoms with Crippen LogP contribution in [0.15, 0.2) is 12.2 Å². The van der Waals surface area contributed by atoms with Crippen molar-refractivity contribution in [2.75, 3.05) is 6.61 Å². The third kappa shape index (κ3) is 1.68. The van der Waals surface area contributed by atoms with Crippen LogP contribution in [0.1, 0.15) is 72.6 Å². The Kier molecular flexibility index (Phi) is 3.11. The second-order valence-corrected chi connectivity index (χ2v) is 10.4. The summed E-state index contributed by atoms with van der Waals surface area (Å²) in [7, 11) is 0. The zero-order valence-electron chi connectivity index (χ0n) is 15.4. The number of hydrogen-bond acceptors (Lipinski definition) is 2. The molecule has 0 aromatic rings. The van der Waals surface area contributed by atoms with Gasteiger partial charge in [0, 0.05) is 12.0 Å². The number of rotatable bonds is 1. The predicted octanol–water partition coefficient (Wildman–Crippen LogP) is 4.31. The van der Waals surface area contributed by atoms with E-state index in [9.17, 15) is 10.2 Å². The zero-order chi connectivity index (χ0) is 16.7. The highest BCUT2D eigenvalue weighted by molar-refractivity contribution is 5.30. The van der Waals surface area contributed by atoms with E-state index in [2.05, 4.69) is 39.8 Å². The number of hydrogen-bond donors (Lipinski definition) is 2. The fourth-order valence-corrected chi connectivity index (χ4v) is 7.72. The van der Waals surface area contributed by atoms with Crippen molar-refractivity contribution >= 4 is 0 Å². The minimum absolute atomic E-state index is 0.0162. The molecule has 0 aromatic carbocycles. The van der Waals surface area contributed by atoms with Crippen molar-refractivity contribution in [2.24, 2.45) is 33.0 Å². The topological polar surface area (TPSA) is 40.5 Å². The van der Waals surface area contributed by atoms with Crippen molar-refractivity contribution in [2.45, 2.75) is 78.7 Å². The number of aliphatic hydroxyl groups is 2. The van der Waals surface area contributed by atoms with Crippen LogP contribution in [-0.2, 0) is 0 Å². The van der Waals surface area contributed by atoms with Gasteiger partial charge in [-0.1, -0.05) is 46.3 Å². The van der Waals surface area contributed by atoms with E-state index in [-0.39, 0.29) is 33.2 Å². The van der Waals surface area contributed by atoms with Gasteiger partial charge in [0.15, 0.2) is 0 Å². The summed E-state index contributed by atoms with van der Waals surface area (Å²) in [5.74, 6) is 0.579. The van der Waals surface area contributed by atoms with Crippen LogP contribution in [0, 0.1) is 33.0 Å². The molecule has 23 heavy (non-hydrogen) atoms. The Balaban J connectivity index is 1.83. The smallest absolute Gasteiger partial charge is 0.0634 e. The Bertz CT molecular complexity index is 556. The van der Waals surface area contributed by atoms with E-state index >= 15 is 0 Å². The van der Waals surface area contributed by atoms with Crippen molar-refractivity contribution in [3.8, 4) is 0 Å². The van der Waals surface area contributed by atoms with Gasteiger partial charge in [-0.05, 0) is 66.1 Å². The molecule has 130 valence electrons. The third-order valence-electron chi connectivity index (χ3n) is 9.50. The summed E-state index contributed by atoms with van der Waals surface area (Å²) in [6, 6.07) is 0. The second-order valence-electron chi connectivity index (χ2n) is 10.4. The molecule has 4 rings (SSSR count). The predicted molar refractivity (Wildman–Crippen MR) is 92.9 cm³/mol. The van der Waals surface area contributed by atoms with Crippen LogP contribution < -0.4 is 0 Å². The lowest BCUT2D eigenvalue weighted by Gasteiger charge is -2.70. The number of fused-ring (bicyclic) bond motifs is 3. The summed E-state index contributed by atoms with van der Waals surface area (Å²) in [6.45, 7) is 9.83. The van der Waals surface area contributed by atoms with Crippen LogP contribution in [-0.4, -0.2) is 22.9 Å². The SMILES string of the molecule is C[C@@]1(CO)CCC[C@]2(C)[C@@H]1CC[C@]13C=C[C@](C)(C1)[C@H](O)C[C@]32C. The molecule has 0 radical (unpaired) electrons. The quantitative estimate of drug-likeness (QED) is 0.707. The average molecular weight is 319 g/mol. The molecule has 7 atom stereocenters. The van der Waals surface area contributed by atoms with Crippen molar-refractivity contribution in [1.29, 1.82) is 0 Å². The fourth-order valence-electron chi connectivity index (χ4n) is 7.72. The Morgan fingerprint density at radius 1 is 1.04 bits per heavy atom. The summed E-state index contributed by atoms with van der Waals surface area (Å²) in [5, 5.41) is 21.1. The molecule has 0 amide bonds. The van der Waals surface area contributed by atoms with E-state index < -0.39 is 0 Å². The number of allylic oxidation sites excluding steroid dienone is 1. The van der Waals surface area contributed by atoms with Gasteiger partial charge >= 0.3 is 0 Å². The molecular formula is C21H34O2. The van der Waals surface area contributed by atoms with E-state index in [0.29, 0.717) is 12.5 Å². The maximum Gasteiger partial charge on any atom is 0.0634 e. The van der Waals surface area contributed by atoms with Crippen LogP contribution in [0.2, 0.25) is 0 Å². The Labute approximate surface area is 141 Å². The maximum absolute atomic E-state index is 10.9. The standard InChI is InChI=1S/C21H34O2/c1-17-10-11-21(13-17)9-6-15-18(2,14-22)7-5-8-19(15,3)20(21,4)12-16(17)23/h10-11,15-16,22-23H,5-9,12-14H2,1-4H3/t15-,16-,17-,18+,19-,20+,21+/m1/s1. The Morgan fingerprint density at radius 2 is 1.78 bits per heavy atom. The lowest BCUT2D eigenvalue weighted by atomic mass is 9.34. The van der Waals surface area contributed by atoms with Gasteiger partial charge in [0.05, 0.1) is 6.10 Å². The molecule has 0 saturated heterocycles. The van der Waals surface area contributed by atoms with E-state index in [4.69, 9.17) is 0 Å². The van der Waals surface area contributed by atoms with Gasteiger partial charge in [0.1, 0.15) is 0 Å². The minimum Gasteiger partial charge on any atom is -0.396 e. The van der Waals surface area contributed by atoms with Gasteiger partial charge in [-0.15, -0.1) is 0 Å². The molecule has 0 heterocycles. The molecule has 2 N–H and O–H groups in total. The van der Waals surface area contributed by atoms with Gasteiger partial charge in [-0.25, -0.2) is 0 Å². The summed E-state index contributed by atoms with van der Waals surface area (Å²) < 4.78 is 0. The first-order chi connectivity index (χ1) is 10.6. The maximum atomic E-state index is 10.9. The van der Waals surface area contributed by atoms with Crippen molar-refractivity contribution in [1.82, 2.24) is 0 Å². The second kappa shape index (κ2) is 4.43. The van der Waals surface area contributed by atoms with Gasteiger partial charge in [-0.2, -0.15) is 0 Å². The molecule has 0 aliphatic heterocycles. The van der Waals surface area contributed by atoms with Crippen LogP contribution in [0.25, 0.3) is 0 Å². The largest absolute Gasteiger partial charge is 0.396 e. The van der Waals surface area contributed by atoms with Crippen LogP contribution >= 0.6 is 0 Å². The summed E-state index contributed by atoms with van der Waals surface area (Å²) in [5.41, 5.74) is 0.674. The van der Waals surface area contributed by atoms with Gasteiger partial charge in [0.2, 0.25) is 0 Å². The average Bonchev–Trinajstić information content (AvgIpc) is 2.81. The van der Waals surface area contributed by atoms with E-state index in [0.717, 1.165) is 19.3 Å². The summed E-state index contributed by atoms with van der Waals surface area (Å²) in [6.07, 6.45) is 12.7. The zero-order valence-corrected chi connectivity index (χ0v) is 15.4. The normalized spacial score (nSPS) is 61.1. The van der Waals surface area contributed by atoms with Gasteiger partial charge in [0.25, 0.3) is 0 Å². The van der Waals surface area contributed by atoms with Crippen molar-refractivity contribution < 1.29 is 10.2 Å². The molecule has 2 nitrogen and oxygen atoms in total. The molecule has 4 aliphatic carbocycles. The summed E-state index contributed by atoms with van der Waals surface area (Å²) >= 11 is 0. The molecular weight excluding hydrogens is 284 g/mol. The minimum atomic E-state index is -0.225. The van der Waals surface area contributed by atoms with E-state index in [1.54, 1.807) is 0 Å². The third-order valence-corrected chi connectivity index (χ3v) is 9.50. The van der Waals surface area contributed by atoms with Crippen LogP contribution in [0.3, 0.4) is 0 Å². The molecule has 4 aliphatic rings. The monoisotopic (exact) mass is 318 g/mol. The molecule has 2 heteroatoms. The van der Waals surface area contributed by atoms with E-state index in [1.165, 1.54) is 25.7 Å². The first kappa shape index (κ1) is 16.1. The van der Waals surface area contributed by atoms with Crippen LogP contribution in [0.4, 0.5) is 0 Å².